The predicted molar refractivity (Wildman–Crippen MR) is 111 cm³/mol. The van der Waals surface area contributed by atoms with Gasteiger partial charge >= 0.3 is 5.97 Å². The van der Waals surface area contributed by atoms with Crippen LogP contribution in [0.25, 0.3) is 0 Å². The zero-order chi connectivity index (χ0) is 21.0. The molecule has 1 aromatic heterocycles. The lowest BCUT2D eigenvalue weighted by molar-refractivity contribution is 0.0697. The molecule has 0 saturated carbocycles. The molecule has 29 heavy (non-hydrogen) atoms. The minimum absolute atomic E-state index is 0.176. The van der Waals surface area contributed by atoms with Crippen molar-refractivity contribution in [3.05, 3.63) is 105 Å². The Labute approximate surface area is 168 Å². The van der Waals surface area contributed by atoms with Crippen LogP contribution < -0.4 is 5.56 Å². The lowest BCUT2D eigenvalue weighted by Crippen LogP contribution is -2.32. The fourth-order valence-electron chi connectivity index (χ4n) is 3.79. The van der Waals surface area contributed by atoms with Gasteiger partial charge in [0.15, 0.2) is 0 Å². The summed E-state index contributed by atoms with van der Waals surface area (Å²) < 4.78 is 0. The van der Waals surface area contributed by atoms with Crippen LogP contribution >= 0.6 is 0 Å². The standard InChI is InChI=1S/C23H22N2O4/c1-15-5-3-4-6-20(15)23(11-12-25-29,19-13-16(2)21(26)24-14-19)18-9-7-17(8-10-18)22(27)28/h3-10,12-14,29H,11H2,1-2H3,(H,24,26)(H,27,28)/b25-12+. The fourth-order valence-corrected chi connectivity index (χ4v) is 3.79. The fraction of sp³-hybridized carbons (Fsp3) is 0.174. The average molecular weight is 390 g/mol. The predicted octanol–water partition coefficient (Wildman–Crippen LogP) is 3.87. The minimum atomic E-state index is -1.00. The van der Waals surface area contributed by atoms with Crippen LogP contribution in [0.3, 0.4) is 0 Å². The lowest BCUT2D eigenvalue weighted by atomic mass is 9.66. The van der Waals surface area contributed by atoms with Crippen LogP contribution in [0.5, 0.6) is 0 Å². The topological polar surface area (TPSA) is 103 Å². The van der Waals surface area contributed by atoms with Crippen molar-refractivity contribution in [2.75, 3.05) is 0 Å². The van der Waals surface area contributed by atoms with Gasteiger partial charge in [-0.15, -0.1) is 5.16 Å². The molecule has 0 radical (unpaired) electrons. The van der Waals surface area contributed by atoms with Crippen LogP contribution in [0, 0.1) is 13.8 Å². The molecule has 6 nitrogen and oxygen atoms in total. The van der Waals surface area contributed by atoms with Gasteiger partial charge in [0.2, 0.25) is 0 Å². The number of benzene rings is 2. The van der Waals surface area contributed by atoms with E-state index in [9.17, 15) is 19.9 Å². The molecule has 0 fully saturated rings. The Kier molecular flexibility index (Phi) is 5.64. The molecule has 1 atom stereocenters. The number of aromatic amines is 1. The zero-order valence-corrected chi connectivity index (χ0v) is 16.2. The summed E-state index contributed by atoms with van der Waals surface area (Å²) in [6.45, 7) is 3.73. The van der Waals surface area contributed by atoms with Gasteiger partial charge in [-0.3, -0.25) is 4.79 Å². The van der Waals surface area contributed by atoms with Gasteiger partial charge in [-0.25, -0.2) is 4.79 Å². The van der Waals surface area contributed by atoms with E-state index in [0.29, 0.717) is 12.0 Å². The van der Waals surface area contributed by atoms with Crippen molar-refractivity contribution in [3.63, 3.8) is 0 Å². The zero-order valence-electron chi connectivity index (χ0n) is 16.2. The molecule has 2 aromatic carbocycles. The van der Waals surface area contributed by atoms with E-state index in [1.807, 2.05) is 37.3 Å². The van der Waals surface area contributed by atoms with E-state index in [2.05, 4.69) is 10.1 Å². The monoisotopic (exact) mass is 390 g/mol. The maximum absolute atomic E-state index is 12.0. The van der Waals surface area contributed by atoms with Gasteiger partial charge in [0.05, 0.1) is 11.0 Å². The number of hydrogen-bond donors (Lipinski definition) is 3. The van der Waals surface area contributed by atoms with Crippen molar-refractivity contribution >= 4 is 12.2 Å². The molecule has 1 unspecified atom stereocenters. The summed E-state index contributed by atoms with van der Waals surface area (Å²) in [7, 11) is 0. The molecule has 0 bridgehead atoms. The first-order valence-corrected chi connectivity index (χ1v) is 9.16. The molecule has 3 N–H and O–H groups in total. The van der Waals surface area contributed by atoms with Gasteiger partial charge in [-0.2, -0.15) is 0 Å². The normalized spacial score (nSPS) is 13.3. The molecule has 6 heteroatoms. The van der Waals surface area contributed by atoms with Crippen molar-refractivity contribution in [2.24, 2.45) is 5.16 Å². The lowest BCUT2D eigenvalue weighted by Gasteiger charge is -2.36. The summed E-state index contributed by atoms with van der Waals surface area (Å²) in [4.78, 5) is 26.1. The molecule has 148 valence electrons. The Bertz CT molecular complexity index is 1120. The molecule has 0 saturated heterocycles. The average Bonchev–Trinajstić information content (AvgIpc) is 2.72. The largest absolute Gasteiger partial charge is 0.478 e. The van der Waals surface area contributed by atoms with Gasteiger partial charge in [-0.05, 0) is 54.3 Å². The van der Waals surface area contributed by atoms with E-state index >= 15 is 0 Å². The Morgan fingerprint density at radius 1 is 1.07 bits per heavy atom. The van der Waals surface area contributed by atoms with E-state index in [1.54, 1.807) is 37.4 Å². The number of aromatic nitrogens is 1. The molecule has 0 aliphatic heterocycles. The molecule has 1 heterocycles. The van der Waals surface area contributed by atoms with Crippen molar-refractivity contribution < 1.29 is 15.1 Å². The highest BCUT2D eigenvalue weighted by atomic mass is 16.4. The molecule has 0 amide bonds. The van der Waals surface area contributed by atoms with Gasteiger partial charge in [-0.1, -0.05) is 36.4 Å². The number of pyridine rings is 1. The SMILES string of the molecule is Cc1ccccc1C(C/C=N/O)(c1ccc(C(=O)O)cc1)c1c[nH]c(=O)c(C)c1. The van der Waals surface area contributed by atoms with Gasteiger partial charge in [0, 0.05) is 24.4 Å². The number of aromatic carboxylic acids is 1. The first-order valence-electron chi connectivity index (χ1n) is 9.16. The number of oxime groups is 1. The number of H-pyrrole nitrogens is 1. The highest BCUT2D eigenvalue weighted by Crippen LogP contribution is 2.43. The van der Waals surface area contributed by atoms with Gasteiger partial charge < -0.3 is 15.3 Å². The Hall–Kier alpha value is -3.67. The highest BCUT2D eigenvalue weighted by Gasteiger charge is 2.37. The molecule has 0 aliphatic rings. The number of carboxylic acid groups (broad SMARTS) is 1. The second kappa shape index (κ2) is 8.14. The van der Waals surface area contributed by atoms with Crippen LogP contribution in [0.2, 0.25) is 0 Å². The molecule has 0 spiro atoms. The summed E-state index contributed by atoms with van der Waals surface area (Å²) in [5, 5.41) is 21.7. The van der Waals surface area contributed by atoms with E-state index in [4.69, 9.17) is 0 Å². The summed E-state index contributed by atoms with van der Waals surface area (Å²) in [6.07, 6.45) is 3.39. The number of hydrogen-bond acceptors (Lipinski definition) is 4. The number of aryl methyl sites for hydroxylation is 2. The first-order chi connectivity index (χ1) is 13.9. The van der Waals surface area contributed by atoms with Gasteiger partial charge in [0.25, 0.3) is 5.56 Å². The molecule has 3 aromatic rings. The molecular formula is C23H22N2O4. The third-order valence-electron chi connectivity index (χ3n) is 5.29. The first kappa shape index (κ1) is 20.1. The van der Waals surface area contributed by atoms with Crippen LogP contribution in [-0.4, -0.2) is 27.5 Å². The van der Waals surface area contributed by atoms with E-state index < -0.39 is 11.4 Å². The summed E-state index contributed by atoms with van der Waals surface area (Å²) in [5.74, 6) is -1.00. The second-order valence-corrected chi connectivity index (χ2v) is 7.01. The van der Waals surface area contributed by atoms with Crippen molar-refractivity contribution in [1.29, 1.82) is 0 Å². The van der Waals surface area contributed by atoms with Crippen LogP contribution in [0.15, 0.2) is 70.7 Å². The molecule has 3 rings (SSSR count). The van der Waals surface area contributed by atoms with Crippen LogP contribution in [-0.2, 0) is 5.41 Å². The quantitative estimate of drug-likeness (QED) is 0.338. The van der Waals surface area contributed by atoms with Crippen LogP contribution in [0.4, 0.5) is 0 Å². The summed E-state index contributed by atoms with van der Waals surface area (Å²) >= 11 is 0. The number of carboxylic acids is 1. The Morgan fingerprint density at radius 3 is 2.34 bits per heavy atom. The summed E-state index contributed by atoms with van der Waals surface area (Å²) in [5.41, 5.74) is 3.40. The maximum atomic E-state index is 12.0. The minimum Gasteiger partial charge on any atom is -0.478 e. The third kappa shape index (κ3) is 3.69. The van der Waals surface area contributed by atoms with Crippen molar-refractivity contribution in [2.45, 2.75) is 25.7 Å². The number of carbonyl (C=O) groups is 1. The smallest absolute Gasteiger partial charge is 0.335 e. The second-order valence-electron chi connectivity index (χ2n) is 7.01. The Morgan fingerprint density at radius 2 is 1.76 bits per heavy atom. The Balaban J connectivity index is 2.39. The highest BCUT2D eigenvalue weighted by molar-refractivity contribution is 5.87. The van der Waals surface area contributed by atoms with E-state index in [0.717, 1.165) is 22.3 Å². The molecule has 0 aliphatic carbocycles. The number of rotatable bonds is 6. The number of nitrogens with zero attached hydrogens (tertiary/aromatic N) is 1. The molecular weight excluding hydrogens is 368 g/mol. The maximum Gasteiger partial charge on any atom is 0.335 e. The van der Waals surface area contributed by atoms with Gasteiger partial charge in [0.1, 0.15) is 0 Å². The summed E-state index contributed by atoms with van der Waals surface area (Å²) in [6, 6.07) is 16.3. The van der Waals surface area contributed by atoms with Crippen LogP contribution in [0.1, 0.15) is 44.6 Å². The van der Waals surface area contributed by atoms with E-state index in [-0.39, 0.29) is 11.1 Å². The van der Waals surface area contributed by atoms with E-state index in [1.165, 1.54) is 6.21 Å². The van der Waals surface area contributed by atoms with Crippen molar-refractivity contribution in [3.8, 4) is 0 Å². The van der Waals surface area contributed by atoms with Crippen molar-refractivity contribution in [1.82, 2.24) is 4.98 Å². The third-order valence-corrected chi connectivity index (χ3v) is 5.29. The number of nitrogens with one attached hydrogen (secondary N) is 1.